The number of ether oxygens (including phenoxy) is 1. The molecule has 0 spiro atoms. The molecule has 192 valence electrons. The zero-order chi connectivity index (χ0) is 25.9. The third-order valence-electron chi connectivity index (χ3n) is 9.26. The van der Waals surface area contributed by atoms with Gasteiger partial charge < -0.3 is 14.6 Å². The highest BCUT2D eigenvalue weighted by molar-refractivity contribution is 6.20. The van der Waals surface area contributed by atoms with Crippen molar-refractivity contribution in [2.75, 3.05) is 44.3 Å². The number of ketones is 1. The molecule has 0 amide bonds. The molecule has 6 rings (SSSR count). The fourth-order valence-corrected chi connectivity index (χ4v) is 6.95. The first kappa shape index (κ1) is 24.1. The van der Waals surface area contributed by atoms with Crippen LogP contribution < -0.4 is 4.90 Å². The second-order valence-electron chi connectivity index (χ2n) is 11.6. The van der Waals surface area contributed by atoms with Crippen LogP contribution in [0, 0.1) is 17.2 Å². The third kappa shape index (κ3) is 3.61. The van der Waals surface area contributed by atoms with Crippen LogP contribution >= 0.6 is 0 Å². The molecule has 4 heterocycles. The average Bonchev–Trinajstić information content (AvgIpc) is 3.32. The second-order valence-corrected chi connectivity index (χ2v) is 11.6. The van der Waals surface area contributed by atoms with Gasteiger partial charge in [0.15, 0.2) is 5.78 Å². The Kier molecular flexibility index (Phi) is 5.66. The Morgan fingerprint density at radius 2 is 1.84 bits per heavy atom. The standard InChI is InChI=1S/C30H35N5O2/c1-19(2)30(35-11-13-37-14-12-35)7-9-34(10-8-30)25-16-23-22(18-32-25)27(36)26-21-6-5-20(17-31)15-24(21)33-28(26)29(23,3)4/h5-6,15-16,18-19,33H,7-14H2,1-4H3. The molecule has 1 N–H and O–H groups in total. The summed E-state index contributed by atoms with van der Waals surface area (Å²) in [7, 11) is 0. The maximum absolute atomic E-state index is 13.7. The van der Waals surface area contributed by atoms with E-state index in [0.29, 0.717) is 22.6 Å². The molecule has 0 bridgehead atoms. The number of H-pyrrole nitrogens is 1. The number of pyridine rings is 1. The number of fused-ring (bicyclic) bond motifs is 4. The van der Waals surface area contributed by atoms with Crippen molar-refractivity contribution >= 4 is 22.5 Å². The summed E-state index contributed by atoms with van der Waals surface area (Å²) in [6, 6.07) is 9.82. The van der Waals surface area contributed by atoms with E-state index in [-0.39, 0.29) is 11.3 Å². The zero-order valence-corrected chi connectivity index (χ0v) is 22.2. The number of morpholine rings is 1. The number of anilines is 1. The number of hydrogen-bond donors (Lipinski definition) is 1. The Morgan fingerprint density at radius 3 is 2.51 bits per heavy atom. The highest BCUT2D eigenvalue weighted by atomic mass is 16.5. The van der Waals surface area contributed by atoms with Crippen LogP contribution in [-0.2, 0) is 10.2 Å². The number of piperidine rings is 1. The smallest absolute Gasteiger partial charge is 0.197 e. The Hall–Kier alpha value is -3.21. The van der Waals surface area contributed by atoms with E-state index in [9.17, 15) is 10.1 Å². The number of aromatic nitrogens is 2. The molecule has 0 atom stereocenters. The van der Waals surface area contributed by atoms with E-state index in [1.54, 1.807) is 12.3 Å². The van der Waals surface area contributed by atoms with Crippen molar-refractivity contribution in [3.63, 3.8) is 0 Å². The van der Waals surface area contributed by atoms with Crippen molar-refractivity contribution in [1.29, 1.82) is 5.26 Å². The highest BCUT2D eigenvalue weighted by Crippen LogP contribution is 2.45. The van der Waals surface area contributed by atoms with Gasteiger partial charge in [-0.3, -0.25) is 9.69 Å². The summed E-state index contributed by atoms with van der Waals surface area (Å²) in [5, 5.41) is 10.2. The number of benzene rings is 1. The van der Waals surface area contributed by atoms with E-state index < -0.39 is 5.41 Å². The van der Waals surface area contributed by atoms with E-state index in [2.05, 4.69) is 54.6 Å². The second kappa shape index (κ2) is 8.68. The fourth-order valence-electron chi connectivity index (χ4n) is 6.95. The predicted molar refractivity (Wildman–Crippen MR) is 144 cm³/mol. The first-order valence-electron chi connectivity index (χ1n) is 13.5. The Balaban J connectivity index is 1.32. The number of aromatic amines is 1. The molecule has 2 aromatic heterocycles. The summed E-state index contributed by atoms with van der Waals surface area (Å²) in [6.07, 6.45) is 3.98. The fraction of sp³-hybridized carbons (Fsp3) is 0.500. The minimum Gasteiger partial charge on any atom is -0.379 e. The monoisotopic (exact) mass is 497 g/mol. The number of carbonyl (C=O) groups is 1. The summed E-state index contributed by atoms with van der Waals surface area (Å²) in [5.74, 6) is 1.53. The van der Waals surface area contributed by atoms with Crippen LogP contribution in [0.15, 0.2) is 30.5 Å². The quantitative estimate of drug-likeness (QED) is 0.568. The largest absolute Gasteiger partial charge is 0.379 e. The zero-order valence-electron chi connectivity index (χ0n) is 22.2. The van der Waals surface area contributed by atoms with Crippen LogP contribution in [0.25, 0.3) is 10.9 Å². The van der Waals surface area contributed by atoms with E-state index in [4.69, 9.17) is 9.72 Å². The topological polar surface area (TPSA) is 85.2 Å². The SMILES string of the molecule is CC(C)C1(N2CCOCC2)CCN(c2cc3c(cn2)C(=O)c2c([nH]c4cc(C#N)ccc24)C3(C)C)CC1. The van der Waals surface area contributed by atoms with Gasteiger partial charge in [0.2, 0.25) is 0 Å². The average molecular weight is 498 g/mol. The van der Waals surface area contributed by atoms with Crippen LogP contribution in [0.3, 0.4) is 0 Å². The molecule has 1 aliphatic carbocycles. The number of nitrogens with zero attached hydrogens (tertiary/aromatic N) is 4. The van der Waals surface area contributed by atoms with Crippen LogP contribution in [0.2, 0.25) is 0 Å². The number of hydrogen-bond acceptors (Lipinski definition) is 6. The van der Waals surface area contributed by atoms with Crippen molar-refractivity contribution in [3.05, 3.63) is 58.4 Å². The van der Waals surface area contributed by atoms with E-state index in [0.717, 1.165) is 80.2 Å². The minimum absolute atomic E-state index is 0.00381. The predicted octanol–water partition coefficient (Wildman–Crippen LogP) is 4.63. The van der Waals surface area contributed by atoms with Gasteiger partial charge in [-0.25, -0.2) is 4.98 Å². The molecule has 7 heteroatoms. The van der Waals surface area contributed by atoms with E-state index in [1.807, 2.05) is 12.1 Å². The van der Waals surface area contributed by atoms with Crippen LogP contribution in [0.4, 0.5) is 5.82 Å². The van der Waals surface area contributed by atoms with Gasteiger partial charge in [-0.15, -0.1) is 0 Å². The van der Waals surface area contributed by atoms with Gasteiger partial charge in [0.25, 0.3) is 0 Å². The molecule has 1 aromatic carbocycles. The lowest BCUT2D eigenvalue weighted by Crippen LogP contribution is -2.61. The Labute approximate surface area is 218 Å². The van der Waals surface area contributed by atoms with Crippen LogP contribution in [0.5, 0.6) is 0 Å². The van der Waals surface area contributed by atoms with Crippen molar-refractivity contribution in [2.45, 2.75) is 51.5 Å². The first-order chi connectivity index (χ1) is 17.8. The van der Waals surface area contributed by atoms with Gasteiger partial charge in [-0.05, 0) is 42.5 Å². The third-order valence-corrected chi connectivity index (χ3v) is 9.26. The van der Waals surface area contributed by atoms with E-state index >= 15 is 0 Å². The molecule has 0 unspecified atom stereocenters. The molecule has 3 aliphatic rings. The molecule has 0 radical (unpaired) electrons. The lowest BCUT2D eigenvalue weighted by atomic mass is 9.71. The Bertz CT molecular complexity index is 1420. The molecule has 2 aliphatic heterocycles. The molecule has 2 saturated heterocycles. The number of nitrogens with one attached hydrogen (secondary N) is 1. The van der Waals surface area contributed by atoms with Crippen LogP contribution in [0.1, 0.15) is 73.3 Å². The number of nitriles is 1. The number of carbonyl (C=O) groups excluding carboxylic acids is 1. The first-order valence-corrected chi connectivity index (χ1v) is 13.5. The molecular weight excluding hydrogens is 462 g/mol. The van der Waals surface area contributed by atoms with Crippen molar-refractivity contribution in [2.24, 2.45) is 5.92 Å². The minimum atomic E-state index is -0.395. The maximum Gasteiger partial charge on any atom is 0.197 e. The summed E-state index contributed by atoms with van der Waals surface area (Å²) < 4.78 is 5.64. The lowest BCUT2D eigenvalue weighted by molar-refractivity contribution is -0.0522. The van der Waals surface area contributed by atoms with Gasteiger partial charge in [0.1, 0.15) is 5.82 Å². The normalized spacial score (nSPS) is 21.1. The molecule has 7 nitrogen and oxygen atoms in total. The molecule has 2 fully saturated rings. The number of rotatable bonds is 3. The van der Waals surface area contributed by atoms with Gasteiger partial charge in [-0.2, -0.15) is 5.26 Å². The summed E-state index contributed by atoms with van der Waals surface area (Å²) in [6.45, 7) is 14.6. The molecule has 0 saturated carbocycles. The highest BCUT2D eigenvalue weighted by Gasteiger charge is 2.44. The van der Waals surface area contributed by atoms with Crippen molar-refractivity contribution in [3.8, 4) is 6.07 Å². The molecule has 3 aromatic rings. The van der Waals surface area contributed by atoms with Gasteiger partial charge >= 0.3 is 0 Å². The summed E-state index contributed by atoms with van der Waals surface area (Å²) in [4.78, 5) is 27.1. The molecular formula is C30H35N5O2. The van der Waals surface area contributed by atoms with Gasteiger partial charge in [0, 0.05) is 65.5 Å². The van der Waals surface area contributed by atoms with Crippen molar-refractivity contribution < 1.29 is 9.53 Å². The summed E-state index contributed by atoms with van der Waals surface area (Å²) in [5.41, 5.74) is 4.52. The maximum atomic E-state index is 13.7. The lowest BCUT2D eigenvalue weighted by Gasteiger charge is -2.53. The van der Waals surface area contributed by atoms with Gasteiger partial charge in [-0.1, -0.05) is 33.8 Å². The molecule has 37 heavy (non-hydrogen) atoms. The Morgan fingerprint density at radius 1 is 1.11 bits per heavy atom. The van der Waals surface area contributed by atoms with E-state index in [1.165, 1.54) is 0 Å². The van der Waals surface area contributed by atoms with Crippen molar-refractivity contribution in [1.82, 2.24) is 14.9 Å². The van der Waals surface area contributed by atoms with Crippen LogP contribution in [-0.4, -0.2) is 65.6 Å². The van der Waals surface area contributed by atoms with Gasteiger partial charge in [0.05, 0.1) is 30.4 Å². The summed E-state index contributed by atoms with van der Waals surface area (Å²) >= 11 is 0.